The van der Waals surface area contributed by atoms with Gasteiger partial charge in [-0.15, -0.1) is 0 Å². The lowest BCUT2D eigenvalue weighted by molar-refractivity contribution is 0.269. The molecule has 1 N–H and O–H groups in total. The molecule has 0 saturated carbocycles. The average molecular weight is 234 g/mol. The quantitative estimate of drug-likeness (QED) is 0.853. The van der Waals surface area contributed by atoms with Gasteiger partial charge in [-0.05, 0) is 32.6 Å². The summed E-state index contributed by atoms with van der Waals surface area (Å²) in [6.45, 7) is 5.70. The molecule has 2 heterocycles. The van der Waals surface area contributed by atoms with Gasteiger partial charge in [0, 0.05) is 38.4 Å². The third kappa shape index (κ3) is 3.41. The minimum absolute atomic E-state index is 0.998. The van der Waals surface area contributed by atoms with Crippen molar-refractivity contribution in [2.75, 3.05) is 45.6 Å². The van der Waals surface area contributed by atoms with E-state index >= 15 is 0 Å². The molecular weight excluding hydrogens is 212 g/mol. The van der Waals surface area contributed by atoms with Crippen LogP contribution in [0.5, 0.6) is 0 Å². The highest BCUT2D eigenvalue weighted by atomic mass is 15.2. The molecular formula is C13H22N4. The summed E-state index contributed by atoms with van der Waals surface area (Å²) in [6.07, 6.45) is 3.09. The maximum Gasteiger partial charge on any atom is 0.130 e. The fourth-order valence-corrected chi connectivity index (χ4v) is 2.29. The normalized spacial score (nSPS) is 18.9. The Kier molecular flexibility index (Phi) is 4.34. The Morgan fingerprint density at radius 3 is 3.00 bits per heavy atom. The van der Waals surface area contributed by atoms with Crippen LogP contribution in [0.15, 0.2) is 18.3 Å². The number of nitrogens with one attached hydrogen (secondary N) is 1. The van der Waals surface area contributed by atoms with Crippen LogP contribution in [0.2, 0.25) is 0 Å². The van der Waals surface area contributed by atoms with Gasteiger partial charge in [-0.3, -0.25) is 4.90 Å². The molecule has 1 aliphatic rings. The standard InChI is InChI=1S/C13H22N4/c1-14-13-12(5-3-6-15-13)11-17-8-4-7-16(2)9-10-17/h3,5-6H,4,7-11H2,1-2H3,(H,14,15). The first kappa shape index (κ1) is 12.3. The Labute approximate surface area is 104 Å². The average Bonchev–Trinajstić information content (AvgIpc) is 2.55. The van der Waals surface area contributed by atoms with E-state index in [9.17, 15) is 0 Å². The summed E-state index contributed by atoms with van der Waals surface area (Å²) in [6, 6.07) is 4.17. The van der Waals surface area contributed by atoms with Gasteiger partial charge in [0.15, 0.2) is 0 Å². The summed E-state index contributed by atoms with van der Waals surface area (Å²) in [4.78, 5) is 9.27. The fourth-order valence-electron chi connectivity index (χ4n) is 2.29. The van der Waals surface area contributed by atoms with Gasteiger partial charge >= 0.3 is 0 Å². The Morgan fingerprint density at radius 1 is 1.29 bits per heavy atom. The van der Waals surface area contributed by atoms with Crippen molar-refractivity contribution in [3.05, 3.63) is 23.9 Å². The van der Waals surface area contributed by atoms with E-state index in [-0.39, 0.29) is 0 Å². The summed E-state index contributed by atoms with van der Waals surface area (Å²) < 4.78 is 0. The lowest BCUT2D eigenvalue weighted by Crippen LogP contribution is -2.28. The zero-order valence-electron chi connectivity index (χ0n) is 10.8. The molecule has 1 aromatic heterocycles. The van der Waals surface area contributed by atoms with Gasteiger partial charge in [-0.2, -0.15) is 0 Å². The molecule has 0 unspecified atom stereocenters. The van der Waals surface area contributed by atoms with Gasteiger partial charge in [0.05, 0.1) is 0 Å². The van der Waals surface area contributed by atoms with Gasteiger partial charge < -0.3 is 10.2 Å². The molecule has 0 atom stereocenters. The fraction of sp³-hybridized carbons (Fsp3) is 0.615. The van der Waals surface area contributed by atoms with Gasteiger partial charge in [0.2, 0.25) is 0 Å². The molecule has 0 radical (unpaired) electrons. The molecule has 0 aromatic carbocycles. The number of hydrogen-bond donors (Lipinski definition) is 1. The van der Waals surface area contributed by atoms with Crippen LogP contribution in [0.3, 0.4) is 0 Å². The molecule has 94 valence electrons. The lowest BCUT2D eigenvalue weighted by atomic mass is 10.2. The van der Waals surface area contributed by atoms with Crippen LogP contribution >= 0.6 is 0 Å². The van der Waals surface area contributed by atoms with Crippen molar-refractivity contribution in [1.82, 2.24) is 14.8 Å². The highest BCUT2D eigenvalue weighted by molar-refractivity contribution is 5.42. The molecule has 17 heavy (non-hydrogen) atoms. The molecule has 1 aliphatic heterocycles. The van der Waals surface area contributed by atoms with Crippen LogP contribution in [-0.4, -0.2) is 55.1 Å². The number of aromatic nitrogens is 1. The highest BCUT2D eigenvalue weighted by Crippen LogP contribution is 2.14. The van der Waals surface area contributed by atoms with Gasteiger partial charge in [-0.1, -0.05) is 6.07 Å². The lowest BCUT2D eigenvalue weighted by Gasteiger charge is -2.21. The van der Waals surface area contributed by atoms with E-state index in [1.807, 2.05) is 19.3 Å². The van der Waals surface area contributed by atoms with E-state index in [2.05, 4.69) is 33.2 Å². The Bertz CT molecular complexity index is 353. The maximum atomic E-state index is 4.35. The van der Waals surface area contributed by atoms with Crippen molar-refractivity contribution in [2.24, 2.45) is 0 Å². The molecule has 0 spiro atoms. The van der Waals surface area contributed by atoms with Crippen LogP contribution < -0.4 is 5.32 Å². The van der Waals surface area contributed by atoms with E-state index in [4.69, 9.17) is 0 Å². The van der Waals surface area contributed by atoms with Crippen LogP contribution in [0.4, 0.5) is 5.82 Å². The first-order valence-electron chi connectivity index (χ1n) is 6.32. The van der Waals surface area contributed by atoms with E-state index in [0.29, 0.717) is 0 Å². The number of rotatable bonds is 3. The third-order valence-electron chi connectivity index (χ3n) is 3.33. The molecule has 1 aromatic rings. The second-order valence-corrected chi connectivity index (χ2v) is 4.69. The summed E-state index contributed by atoms with van der Waals surface area (Å²) in [5, 5.41) is 3.16. The van der Waals surface area contributed by atoms with E-state index in [1.165, 1.54) is 25.1 Å². The van der Waals surface area contributed by atoms with Gasteiger partial charge in [0.1, 0.15) is 5.82 Å². The zero-order chi connectivity index (χ0) is 12.1. The summed E-state index contributed by atoms with van der Waals surface area (Å²) in [5.41, 5.74) is 1.29. The van der Waals surface area contributed by atoms with Crippen molar-refractivity contribution >= 4 is 5.82 Å². The Balaban J connectivity index is 1.99. The first-order valence-corrected chi connectivity index (χ1v) is 6.32. The third-order valence-corrected chi connectivity index (χ3v) is 3.33. The summed E-state index contributed by atoms with van der Waals surface area (Å²) >= 11 is 0. The van der Waals surface area contributed by atoms with Gasteiger partial charge in [-0.25, -0.2) is 4.98 Å². The number of anilines is 1. The SMILES string of the molecule is CNc1ncccc1CN1CCCN(C)CC1. The molecule has 0 aliphatic carbocycles. The number of likely N-dealkylation sites (N-methyl/N-ethyl adjacent to an activating group) is 1. The number of nitrogens with zero attached hydrogens (tertiary/aromatic N) is 3. The summed E-state index contributed by atoms with van der Waals surface area (Å²) in [5.74, 6) is 1.00. The second kappa shape index (κ2) is 5.98. The zero-order valence-corrected chi connectivity index (χ0v) is 10.8. The smallest absolute Gasteiger partial charge is 0.130 e. The van der Waals surface area contributed by atoms with Crippen LogP contribution in [0, 0.1) is 0 Å². The molecule has 1 saturated heterocycles. The van der Waals surface area contributed by atoms with E-state index < -0.39 is 0 Å². The molecule has 2 rings (SSSR count). The van der Waals surface area contributed by atoms with Crippen molar-refractivity contribution in [2.45, 2.75) is 13.0 Å². The van der Waals surface area contributed by atoms with E-state index in [1.54, 1.807) is 0 Å². The minimum Gasteiger partial charge on any atom is -0.373 e. The molecule has 4 heteroatoms. The van der Waals surface area contributed by atoms with Crippen molar-refractivity contribution in [1.29, 1.82) is 0 Å². The molecule has 4 nitrogen and oxygen atoms in total. The van der Waals surface area contributed by atoms with Crippen molar-refractivity contribution < 1.29 is 0 Å². The minimum atomic E-state index is 0.998. The molecule has 1 fully saturated rings. The van der Waals surface area contributed by atoms with Crippen LogP contribution in [0.25, 0.3) is 0 Å². The monoisotopic (exact) mass is 234 g/mol. The van der Waals surface area contributed by atoms with Crippen molar-refractivity contribution in [3.63, 3.8) is 0 Å². The predicted octanol–water partition coefficient (Wildman–Crippen LogP) is 1.26. The maximum absolute atomic E-state index is 4.35. The highest BCUT2D eigenvalue weighted by Gasteiger charge is 2.13. The van der Waals surface area contributed by atoms with Crippen LogP contribution in [-0.2, 0) is 6.54 Å². The number of hydrogen-bond acceptors (Lipinski definition) is 4. The van der Waals surface area contributed by atoms with Crippen molar-refractivity contribution in [3.8, 4) is 0 Å². The van der Waals surface area contributed by atoms with Crippen LogP contribution in [0.1, 0.15) is 12.0 Å². The molecule has 0 amide bonds. The Morgan fingerprint density at radius 2 is 2.18 bits per heavy atom. The molecule has 0 bridgehead atoms. The number of pyridine rings is 1. The summed E-state index contributed by atoms with van der Waals surface area (Å²) in [7, 11) is 4.13. The first-order chi connectivity index (χ1) is 8.29. The second-order valence-electron chi connectivity index (χ2n) is 4.69. The van der Waals surface area contributed by atoms with Gasteiger partial charge in [0.25, 0.3) is 0 Å². The predicted molar refractivity (Wildman–Crippen MR) is 71.2 cm³/mol. The Hall–Kier alpha value is -1.13. The largest absolute Gasteiger partial charge is 0.373 e. The topological polar surface area (TPSA) is 31.4 Å². The van der Waals surface area contributed by atoms with E-state index in [0.717, 1.165) is 25.5 Å².